The molecule has 32 heavy (non-hydrogen) atoms. The standard InChI is InChI=1S/C22H20F2N4O4/c1-13(30)25-9-17-11-28(22(31)32-17)16-6-18(23)21(19(24)7-16)15-2-3-20(26-8-15)27-5-4-14(10-27)12-29/h2-8,10,17,29H,9,11-12H2,1H3,(H,25,30)/t17-/m0/s1. The number of nitrogens with zero attached hydrogens (tertiary/aromatic N) is 3. The molecule has 1 aliphatic heterocycles. The largest absolute Gasteiger partial charge is 0.442 e. The Bertz CT molecular complexity index is 1140. The van der Waals surface area contributed by atoms with Gasteiger partial charge in [0.05, 0.1) is 30.9 Å². The van der Waals surface area contributed by atoms with Gasteiger partial charge in [0.2, 0.25) is 5.91 Å². The van der Waals surface area contributed by atoms with E-state index in [-0.39, 0.29) is 42.4 Å². The number of aliphatic hydroxyl groups is 1. The molecule has 1 atom stereocenters. The fraction of sp³-hybridized carbons (Fsp3) is 0.227. The summed E-state index contributed by atoms with van der Waals surface area (Å²) in [4.78, 5) is 28.5. The highest BCUT2D eigenvalue weighted by Crippen LogP contribution is 2.32. The second-order valence-corrected chi connectivity index (χ2v) is 7.33. The van der Waals surface area contributed by atoms with Gasteiger partial charge in [-0.1, -0.05) is 0 Å². The Morgan fingerprint density at radius 1 is 1.28 bits per heavy atom. The zero-order valence-electron chi connectivity index (χ0n) is 17.1. The number of rotatable bonds is 6. The molecule has 3 heterocycles. The maximum Gasteiger partial charge on any atom is 0.414 e. The first-order valence-electron chi connectivity index (χ1n) is 9.82. The molecule has 166 valence electrons. The Kier molecular flexibility index (Phi) is 5.87. The molecular weight excluding hydrogens is 422 g/mol. The van der Waals surface area contributed by atoms with Crippen LogP contribution in [0.4, 0.5) is 19.3 Å². The third kappa shape index (κ3) is 4.30. The van der Waals surface area contributed by atoms with Gasteiger partial charge in [-0.15, -0.1) is 0 Å². The van der Waals surface area contributed by atoms with E-state index in [4.69, 9.17) is 9.84 Å². The topological polar surface area (TPSA) is 96.7 Å². The summed E-state index contributed by atoms with van der Waals surface area (Å²) in [5.74, 6) is -1.45. The third-order valence-electron chi connectivity index (χ3n) is 5.03. The summed E-state index contributed by atoms with van der Waals surface area (Å²) in [5, 5.41) is 11.7. The molecule has 10 heteroatoms. The van der Waals surface area contributed by atoms with Crippen LogP contribution in [0.5, 0.6) is 0 Å². The number of hydrogen-bond acceptors (Lipinski definition) is 5. The summed E-state index contributed by atoms with van der Waals surface area (Å²) in [7, 11) is 0. The molecule has 3 aromatic rings. The number of aliphatic hydroxyl groups excluding tert-OH is 1. The molecule has 0 radical (unpaired) electrons. The average molecular weight is 442 g/mol. The van der Waals surface area contributed by atoms with Crippen LogP contribution in [0.15, 0.2) is 48.9 Å². The molecule has 4 rings (SSSR count). The van der Waals surface area contributed by atoms with Gasteiger partial charge in [-0.05, 0) is 35.9 Å². The normalized spacial score (nSPS) is 15.7. The fourth-order valence-corrected chi connectivity index (χ4v) is 3.45. The Morgan fingerprint density at radius 2 is 2.03 bits per heavy atom. The second kappa shape index (κ2) is 8.75. The molecule has 2 aromatic heterocycles. The summed E-state index contributed by atoms with van der Waals surface area (Å²) >= 11 is 0. The van der Waals surface area contributed by atoms with E-state index in [9.17, 15) is 18.4 Å². The molecule has 0 bridgehead atoms. The minimum Gasteiger partial charge on any atom is -0.442 e. The van der Waals surface area contributed by atoms with E-state index < -0.39 is 23.8 Å². The highest BCUT2D eigenvalue weighted by Gasteiger charge is 2.33. The van der Waals surface area contributed by atoms with Crippen molar-refractivity contribution in [1.29, 1.82) is 0 Å². The molecule has 1 aliphatic rings. The van der Waals surface area contributed by atoms with Gasteiger partial charge in [0, 0.05) is 31.1 Å². The molecule has 0 unspecified atom stereocenters. The van der Waals surface area contributed by atoms with Crippen molar-refractivity contribution in [3.05, 3.63) is 66.1 Å². The number of anilines is 1. The molecule has 1 fully saturated rings. The van der Waals surface area contributed by atoms with Crippen LogP contribution in [-0.2, 0) is 16.1 Å². The lowest BCUT2D eigenvalue weighted by molar-refractivity contribution is -0.119. The van der Waals surface area contributed by atoms with Crippen molar-refractivity contribution >= 4 is 17.7 Å². The average Bonchev–Trinajstić information content (AvgIpc) is 3.39. The third-order valence-corrected chi connectivity index (χ3v) is 5.03. The Balaban J connectivity index is 1.55. The monoisotopic (exact) mass is 442 g/mol. The van der Waals surface area contributed by atoms with Crippen LogP contribution in [0.3, 0.4) is 0 Å². The second-order valence-electron chi connectivity index (χ2n) is 7.33. The van der Waals surface area contributed by atoms with Crippen molar-refractivity contribution in [2.24, 2.45) is 0 Å². The Morgan fingerprint density at radius 3 is 2.62 bits per heavy atom. The number of aromatic nitrogens is 2. The number of nitrogens with one attached hydrogen (secondary N) is 1. The van der Waals surface area contributed by atoms with Gasteiger partial charge in [0.25, 0.3) is 0 Å². The molecule has 1 aromatic carbocycles. The predicted octanol–water partition coefficient (Wildman–Crippen LogP) is 2.77. The number of halogens is 2. The van der Waals surface area contributed by atoms with Crippen LogP contribution >= 0.6 is 0 Å². The maximum absolute atomic E-state index is 14.9. The molecule has 8 nitrogen and oxygen atoms in total. The van der Waals surface area contributed by atoms with E-state index in [0.29, 0.717) is 11.4 Å². The first-order chi connectivity index (χ1) is 15.4. The van der Waals surface area contributed by atoms with Gasteiger partial charge >= 0.3 is 6.09 Å². The molecule has 0 spiro atoms. The number of amides is 2. The predicted molar refractivity (Wildman–Crippen MR) is 111 cm³/mol. The van der Waals surface area contributed by atoms with E-state index in [0.717, 1.165) is 17.0 Å². The Labute approximate surface area is 182 Å². The fourth-order valence-electron chi connectivity index (χ4n) is 3.45. The molecule has 2 amide bonds. The summed E-state index contributed by atoms with van der Waals surface area (Å²) < 4.78 is 36.5. The summed E-state index contributed by atoms with van der Waals surface area (Å²) in [6.07, 6.45) is 3.41. The lowest BCUT2D eigenvalue weighted by atomic mass is 10.1. The van der Waals surface area contributed by atoms with Crippen molar-refractivity contribution < 1.29 is 28.2 Å². The van der Waals surface area contributed by atoms with Gasteiger partial charge in [0.1, 0.15) is 23.6 Å². The zero-order valence-corrected chi connectivity index (χ0v) is 17.1. The van der Waals surface area contributed by atoms with E-state index in [1.807, 2.05) is 0 Å². The van der Waals surface area contributed by atoms with Gasteiger partial charge in [0.15, 0.2) is 0 Å². The number of hydrogen-bond donors (Lipinski definition) is 2. The van der Waals surface area contributed by atoms with E-state index in [1.165, 1.54) is 19.2 Å². The maximum atomic E-state index is 14.9. The van der Waals surface area contributed by atoms with E-state index in [1.54, 1.807) is 29.1 Å². The van der Waals surface area contributed by atoms with Crippen LogP contribution in [0.2, 0.25) is 0 Å². The Hall–Kier alpha value is -3.79. The van der Waals surface area contributed by atoms with Gasteiger partial charge in [-0.25, -0.2) is 18.6 Å². The lowest BCUT2D eigenvalue weighted by Gasteiger charge is -2.15. The summed E-state index contributed by atoms with van der Waals surface area (Å²) in [6.45, 7) is 1.40. The minimum atomic E-state index is -0.851. The lowest BCUT2D eigenvalue weighted by Crippen LogP contribution is -2.33. The number of pyridine rings is 1. The SMILES string of the molecule is CC(=O)NC[C@H]1CN(c2cc(F)c(-c3ccc(-n4ccc(CO)c4)nc3)c(F)c2)C(=O)O1. The van der Waals surface area contributed by atoms with Gasteiger partial charge in [-0.2, -0.15) is 0 Å². The van der Waals surface area contributed by atoms with Crippen LogP contribution in [0.1, 0.15) is 12.5 Å². The van der Waals surface area contributed by atoms with Crippen LogP contribution in [-0.4, -0.2) is 45.9 Å². The van der Waals surface area contributed by atoms with Gasteiger partial charge < -0.3 is 19.7 Å². The molecular formula is C22H20F2N4O4. The first kappa shape index (κ1) is 21.4. The number of carbonyl (C=O) groups is 2. The highest BCUT2D eigenvalue weighted by molar-refractivity contribution is 5.90. The summed E-state index contributed by atoms with van der Waals surface area (Å²) in [6, 6.07) is 7.00. The van der Waals surface area contributed by atoms with Crippen molar-refractivity contribution in [2.75, 3.05) is 18.0 Å². The van der Waals surface area contributed by atoms with Crippen molar-refractivity contribution in [2.45, 2.75) is 19.6 Å². The van der Waals surface area contributed by atoms with Crippen LogP contribution in [0, 0.1) is 11.6 Å². The number of benzene rings is 1. The summed E-state index contributed by atoms with van der Waals surface area (Å²) in [5.41, 5.74) is 0.701. The van der Waals surface area contributed by atoms with Crippen molar-refractivity contribution in [3.63, 3.8) is 0 Å². The number of ether oxygens (including phenoxy) is 1. The molecule has 0 aliphatic carbocycles. The van der Waals surface area contributed by atoms with E-state index in [2.05, 4.69) is 10.3 Å². The molecule has 2 N–H and O–H groups in total. The van der Waals surface area contributed by atoms with Crippen LogP contribution < -0.4 is 10.2 Å². The van der Waals surface area contributed by atoms with Gasteiger partial charge in [-0.3, -0.25) is 9.69 Å². The molecule has 1 saturated heterocycles. The number of cyclic esters (lactones) is 1. The first-order valence-corrected chi connectivity index (χ1v) is 9.82. The smallest absolute Gasteiger partial charge is 0.414 e. The van der Waals surface area contributed by atoms with Crippen molar-refractivity contribution in [3.8, 4) is 16.9 Å². The number of carbonyl (C=O) groups excluding carboxylic acids is 2. The van der Waals surface area contributed by atoms with Crippen molar-refractivity contribution in [1.82, 2.24) is 14.9 Å². The zero-order chi connectivity index (χ0) is 22.8. The highest BCUT2D eigenvalue weighted by atomic mass is 19.1. The quantitative estimate of drug-likeness (QED) is 0.612. The van der Waals surface area contributed by atoms with E-state index >= 15 is 0 Å². The minimum absolute atomic E-state index is 0.0209. The molecule has 0 saturated carbocycles. The van der Waals surface area contributed by atoms with Crippen LogP contribution in [0.25, 0.3) is 16.9 Å².